The van der Waals surface area contributed by atoms with Crippen LogP contribution in [-0.4, -0.2) is 54.8 Å². The second-order valence-electron chi connectivity index (χ2n) is 11.2. The van der Waals surface area contributed by atoms with Crippen LogP contribution >= 0.6 is 0 Å². The molecule has 2 bridgehead atoms. The first-order valence-corrected chi connectivity index (χ1v) is 14.3. The molecule has 0 unspecified atom stereocenters. The molecular formula is C34H40N4O4. The molecule has 3 aromatic rings. The van der Waals surface area contributed by atoms with E-state index in [0.717, 1.165) is 11.1 Å². The van der Waals surface area contributed by atoms with E-state index in [2.05, 4.69) is 29.8 Å². The Balaban J connectivity index is 1.78. The normalized spacial score (nSPS) is 20.7. The van der Waals surface area contributed by atoms with Crippen molar-refractivity contribution in [2.24, 2.45) is 5.92 Å². The highest BCUT2D eigenvalue weighted by Crippen LogP contribution is 2.27. The van der Waals surface area contributed by atoms with E-state index >= 15 is 0 Å². The molecule has 8 nitrogen and oxygen atoms in total. The van der Waals surface area contributed by atoms with Crippen LogP contribution in [0.15, 0.2) is 91.1 Å². The summed E-state index contributed by atoms with van der Waals surface area (Å²) in [4.78, 5) is 43.2. The second kappa shape index (κ2) is 14.5. The number of carbonyl (C=O) groups excluding carboxylic acids is 3. The minimum Gasteiger partial charge on any atom is -0.483 e. The van der Waals surface area contributed by atoms with Crippen LogP contribution in [0.25, 0.3) is 6.08 Å². The van der Waals surface area contributed by atoms with Gasteiger partial charge >= 0.3 is 0 Å². The summed E-state index contributed by atoms with van der Waals surface area (Å²) in [7, 11) is 3.70. The molecule has 0 saturated carbocycles. The summed E-state index contributed by atoms with van der Waals surface area (Å²) in [5.41, 5.74) is 2.47. The average Bonchev–Trinajstić information content (AvgIpc) is 2.98. The van der Waals surface area contributed by atoms with E-state index in [4.69, 9.17) is 4.74 Å². The lowest BCUT2D eigenvalue weighted by atomic mass is 9.97. The summed E-state index contributed by atoms with van der Waals surface area (Å²) in [6.07, 6.45) is 3.35. The van der Waals surface area contributed by atoms with Crippen molar-refractivity contribution in [3.63, 3.8) is 0 Å². The maximum atomic E-state index is 14.2. The summed E-state index contributed by atoms with van der Waals surface area (Å²) in [5.74, 6) is -0.380. The third-order valence-electron chi connectivity index (χ3n) is 7.19. The van der Waals surface area contributed by atoms with Crippen LogP contribution in [0.1, 0.15) is 43.1 Å². The fraction of sp³-hybridized carbons (Fsp3) is 0.324. The fourth-order valence-corrected chi connectivity index (χ4v) is 4.94. The SMILES string of the molecule is CC(C)C[C@@H](C(=O)N[C@H]1C(=O)N[C@H](Cc2ccccc2)C(=O)N/C=C\c2ccc(cc2)O[C@@H]1c1ccccc1)N(C)C. The molecule has 2 aliphatic heterocycles. The fourth-order valence-electron chi connectivity index (χ4n) is 4.94. The molecule has 3 amide bonds. The Hall–Kier alpha value is -4.43. The molecule has 0 aromatic heterocycles. The van der Waals surface area contributed by atoms with Gasteiger partial charge in [-0.1, -0.05) is 86.6 Å². The standard InChI is InChI=1S/C34H40N4O4/c1-23(2)21-29(38(3)4)33(40)37-30-31(26-13-9-6-10-14-26)42-27-17-15-24(16-18-27)19-20-35-32(39)28(36-34(30)41)22-25-11-7-5-8-12-25/h5-20,23,28-31H,21-22H2,1-4H3,(H,35,39)(H,36,41)(H,37,40)/b20-19-/t28-,29+,30-,31-/m1/s1. The number of rotatable bonds is 8. The molecular weight excluding hydrogens is 528 g/mol. The number of fused-ring (bicyclic) bond motifs is 10. The van der Waals surface area contributed by atoms with Crippen LogP contribution in [0.3, 0.4) is 0 Å². The third-order valence-corrected chi connectivity index (χ3v) is 7.19. The lowest BCUT2D eigenvalue weighted by molar-refractivity contribution is -0.135. The summed E-state index contributed by atoms with van der Waals surface area (Å²) in [6, 6.07) is 23.7. The van der Waals surface area contributed by atoms with Gasteiger partial charge in [-0.05, 0) is 61.3 Å². The number of nitrogens with one attached hydrogen (secondary N) is 3. The predicted molar refractivity (Wildman–Crippen MR) is 164 cm³/mol. The van der Waals surface area contributed by atoms with Crippen molar-refractivity contribution in [3.8, 4) is 5.75 Å². The van der Waals surface area contributed by atoms with Crippen LogP contribution in [0, 0.1) is 5.92 Å². The third kappa shape index (κ3) is 8.30. The molecule has 0 spiro atoms. The van der Waals surface area contributed by atoms with Gasteiger partial charge in [0.2, 0.25) is 17.7 Å². The van der Waals surface area contributed by atoms with Crippen LogP contribution in [-0.2, 0) is 20.8 Å². The lowest BCUT2D eigenvalue weighted by Gasteiger charge is -2.32. The topological polar surface area (TPSA) is 99.8 Å². The Morgan fingerprint density at radius 3 is 2.17 bits per heavy atom. The number of amides is 3. The van der Waals surface area contributed by atoms with Gasteiger partial charge in [0.05, 0.1) is 6.04 Å². The number of hydrogen-bond acceptors (Lipinski definition) is 5. The number of nitrogens with zero attached hydrogens (tertiary/aromatic N) is 1. The first-order valence-electron chi connectivity index (χ1n) is 14.3. The van der Waals surface area contributed by atoms with Gasteiger partial charge in [-0.15, -0.1) is 0 Å². The number of likely N-dealkylation sites (N-methyl/N-ethyl adjacent to an activating group) is 1. The van der Waals surface area contributed by atoms with Gasteiger partial charge in [-0.25, -0.2) is 0 Å². The number of hydrogen-bond donors (Lipinski definition) is 3. The molecule has 0 saturated heterocycles. The molecule has 220 valence electrons. The molecule has 4 atom stereocenters. The predicted octanol–water partition coefficient (Wildman–Crippen LogP) is 4.10. The average molecular weight is 569 g/mol. The number of carbonyl (C=O) groups is 3. The molecule has 2 aliphatic rings. The van der Waals surface area contributed by atoms with Crippen LogP contribution < -0.4 is 20.7 Å². The maximum Gasteiger partial charge on any atom is 0.247 e. The zero-order chi connectivity index (χ0) is 30.1. The van der Waals surface area contributed by atoms with Gasteiger partial charge in [-0.2, -0.15) is 0 Å². The van der Waals surface area contributed by atoms with Crippen molar-refractivity contribution in [3.05, 3.63) is 108 Å². The largest absolute Gasteiger partial charge is 0.483 e. The van der Waals surface area contributed by atoms with Gasteiger partial charge in [0.25, 0.3) is 0 Å². The maximum absolute atomic E-state index is 14.2. The van der Waals surface area contributed by atoms with Gasteiger partial charge in [0, 0.05) is 12.6 Å². The highest BCUT2D eigenvalue weighted by Gasteiger charge is 2.37. The Morgan fingerprint density at radius 2 is 1.55 bits per heavy atom. The molecule has 2 heterocycles. The van der Waals surface area contributed by atoms with Crippen molar-refractivity contribution in [2.45, 2.75) is 50.9 Å². The van der Waals surface area contributed by atoms with E-state index in [9.17, 15) is 14.4 Å². The van der Waals surface area contributed by atoms with E-state index in [0.29, 0.717) is 17.7 Å². The number of benzene rings is 3. The van der Waals surface area contributed by atoms with Crippen molar-refractivity contribution < 1.29 is 19.1 Å². The van der Waals surface area contributed by atoms with Gasteiger partial charge in [0.15, 0.2) is 6.10 Å². The minimum atomic E-state index is -1.14. The summed E-state index contributed by atoms with van der Waals surface area (Å²) in [6.45, 7) is 4.11. The van der Waals surface area contributed by atoms with E-state index in [-0.39, 0.29) is 24.2 Å². The molecule has 5 rings (SSSR count). The van der Waals surface area contributed by atoms with E-state index < -0.39 is 30.1 Å². The van der Waals surface area contributed by atoms with Crippen LogP contribution in [0.2, 0.25) is 0 Å². The van der Waals surface area contributed by atoms with Gasteiger partial charge in [0.1, 0.15) is 17.8 Å². The Bertz CT molecular complexity index is 1360. The Morgan fingerprint density at radius 1 is 0.905 bits per heavy atom. The lowest BCUT2D eigenvalue weighted by Crippen LogP contribution is -2.58. The summed E-state index contributed by atoms with van der Waals surface area (Å²) >= 11 is 0. The molecule has 8 heteroatoms. The van der Waals surface area contributed by atoms with E-state index in [1.165, 1.54) is 0 Å². The Labute approximate surface area is 248 Å². The molecule has 42 heavy (non-hydrogen) atoms. The van der Waals surface area contributed by atoms with Crippen LogP contribution in [0.5, 0.6) is 5.75 Å². The van der Waals surface area contributed by atoms with Crippen molar-refractivity contribution in [1.29, 1.82) is 0 Å². The Kier molecular flexibility index (Phi) is 10.5. The van der Waals surface area contributed by atoms with Crippen molar-refractivity contribution in [1.82, 2.24) is 20.9 Å². The molecule has 3 aromatic carbocycles. The monoisotopic (exact) mass is 568 g/mol. The van der Waals surface area contributed by atoms with Crippen molar-refractivity contribution >= 4 is 23.8 Å². The highest BCUT2D eigenvalue weighted by atomic mass is 16.5. The smallest absolute Gasteiger partial charge is 0.247 e. The first kappa shape index (κ1) is 30.5. The van der Waals surface area contributed by atoms with Crippen molar-refractivity contribution in [2.75, 3.05) is 14.1 Å². The van der Waals surface area contributed by atoms with E-state index in [1.807, 2.05) is 91.8 Å². The zero-order valence-electron chi connectivity index (χ0n) is 24.6. The quantitative estimate of drug-likeness (QED) is 0.380. The van der Waals surface area contributed by atoms with Crippen LogP contribution in [0.4, 0.5) is 0 Å². The molecule has 3 N–H and O–H groups in total. The van der Waals surface area contributed by atoms with Gasteiger partial charge < -0.3 is 20.7 Å². The first-order chi connectivity index (χ1) is 20.2. The molecule has 0 fully saturated rings. The molecule has 0 radical (unpaired) electrons. The minimum absolute atomic E-state index is 0.257. The second-order valence-corrected chi connectivity index (χ2v) is 11.2. The summed E-state index contributed by atoms with van der Waals surface area (Å²) < 4.78 is 6.47. The van der Waals surface area contributed by atoms with Gasteiger partial charge in [-0.3, -0.25) is 19.3 Å². The van der Waals surface area contributed by atoms with E-state index in [1.54, 1.807) is 24.4 Å². The highest BCUT2D eigenvalue weighted by molar-refractivity contribution is 5.94. The summed E-state index contributed by atoms with van der Waals surface area (Å²) in [5, 5.41) is 8.75. The zero-order valence-corrected chi connectivity index (χ0v) is 24.6. The molecule has 0 aliphatic carbocycles. The number of ether oxygens (including phenoxy) is 1.